The van der Waals surface area contributed by atoms with E-state index in [-0.39, 0.29) is 36.0 Å². The predicted octanol–water partition coefficient (Wildman–Crippen LogP) is 7.07. The van der Waals surface area contributed by atoms with Gasteiger partial charge in [0.1, 0.15) is 29.2 Å². The molecule has 2 unspecified atom stereocenters. The monoisotopic (exact) mass is 871 g/mol. The van der Waals surface area contributed by atoms with Crippen LogP contribution in [0.3, 0.4) is 0 Å². The first-order chi connectivity index (χ1) is 31.9. The van der Waals surface area contributed by atoms with Crippen molar-refractivity contribution in [3.8, 4) is 22.8 Å². The van der Waals surface area contributed by atoms with E-state index in [9.17, 15) is 9.59 Å². The fraction of sp³-hybridized carbons (Fsp3) is 0.392. The summed E-state index contributed by atoms with van der Waals surface area (Å²) in [5.74, 6) is 2.97. The first kappa shape index (κ1) is 41.5. The molecule has 4 fully saturated rings. The number of amides is 2. The number of imidazole rings is 2. The Morgan fingerprint density at radius 3 is 1.75 bits per heavy atom. The molecule has 3 aromatic heterocycles. The highest BCUT2D eigenvalue weighted by molar-refractivity contribution is 5.91. The Morgan fingerprint density at radius 1 is 0.615 bits per heavy atom. The Kier molecular flexibility index (Phi) is 11.3. The normalized spacial score (nSPS) is 21.4. The average molecular weight is 872 g/mol. The zero-order valence-corrected chi connectivity index (χ0v) is 37.3. The van der Waals surface area contributed by atoms with Gasteiger partial charge in [-0.3, -0.25) is 19.4 Å². The van der Waals surface area contributed by atoms with Crippen molar-refractivity contribution in [1.82, 2.24) is 54.3 Å². The summed E-state index contributed by atoms with van der Waals surface area (Å²) in [5.41, 5.74) is 7.07. The molecule has 0 saturated carbocycles. The van der Waals surface area contributed by atoms with E-state index in [2.05, 4.69) is 72.8 Å². The molecular weight excluding hydrogens is 815 g/mol. The number of H-pyrrole nitrogens is 2. The van der Waals surface area contributed by atoms with Gasteiger partial charge in [-0.2, -0.15) is 0 Å². The Labute approximate surface area is 379 Å². The van der Waals surface area contributed by atoms with Crippen molar-refractivity contribution in [3.63, 3.8) is 0 Å². The van der Waals surface area contributed by atoms with Crippen LogP contribution in [0, 0.1) is 0 Å². The van der Waals surface area contributed by atoms with E-state index in [0.29, 0.717) is 24.7 Å². The number of likely N-dealkylation sites (N-methyl/N-ethyl adjacent to an activating group) is 2. The van der Waals surface area contributed by atoms with E-state index in [1.807, 2.05) is 77.7 Å². The van der Waals surface area contributed by atoms with Crippen LogP contribution in [-0.4, -0.2) is 146 Å². The van der Waals surface area contributed by atoms with Crippen molar-refractivity contribution in [3.05, 3.63) is 126 Å². The molecule has 0 bridgehead atoms. The molecule has 11 rings (SSSR count). The number of piperazine rings is 2. The first-order valence-electron chi connectivity index (χ1n) is 23.4. The summed E-state index contributed by atoms with van der Waals surface area (Å²) in [5, 5.41) is 0. The van der Waals surface area contributed by atoms with Gasteiger partial charge in [0.05, 0.1) is 40.4 Å². The second-order valence-electron chi connectivity index (χ2n) is 18.4. The molecule has 65 heavy (non-hydrogen) atoms. The summed E-state index contributed by atoms with van der Waals surface area (Å²) >= 11 is 0. The molecule has 334 valence electrons. The van der Waals surface area contributed by atoms with Gasteiger partial charge in [0.25, 0.3) is 0 Å². The van der Waals surface area contributed by atoms with E-state index in [1.165, 1.54) is 0 Å². The van der Waals surface area contributed by atoms with Gasteiger partial charge in [-0.15, -0.1) is 0 Å². The highest BCUT2D eigenvalue weighted by atomic mass is 16.4. The third kappa shape index (κ3) is 8.02. The predicted molar refractivity (Wildman–Crippen MR) is 251 cm³/mol. The van der Waals surface area contributed by atoms with Gasteiger partial charge in [-0.05, 0) is 81.2 Å². The van der Waals surface area contributed by atoms with Gasteiger partial charge >= 0.3 is 0 Å². The maximum atomic E-state index is 14.7. The van der Waals surface area contributed by atoms with Gasteiger partial charge in [0.2, 0.25) is 17.7 Å². The molecule has 0 spiro atoms. The van der Waals surface area contributed by atoms with Crippen molar-refractivity contribution in [2.24, 2.45) is 0 Å². The van der Waals surface area contributed by atoms with E-state index in [4.69, 9.17) is 19.4 Å². The van der Waals surface area contributed by atoms with Crippen molar-refractivity contribution < 1.29 is 14.0 Å². The lowest BCUT2D eigenvalue weighted by Gasteiger charge is -2.39. The molecule has 0 radical (unpaired) electrons. The lowest BCUT2D eigenvalue weighted by atomic mass is 10.0. The molecule has 4 aliphatic heterocycles. The largest absolute Gasteiger partial charge is 0.436 e. The van der Waals surface area contributed by atoms with Gasteiger partial charge in [0.15, 0.2) is 5.76 Å². The summed E-state index contributed by atoms with van der Waals surface area (Å²) in [6, 6.07) is 31.6. The number of aromatic amines is 2. The fourth-order valence-corrected chi connectivity index (χ4v) is 10.6. The number of hydrogen-bond acceptors (Lipinski definition) is 10. The number of carbonyl (C=O) groups is 2. The minimum Gasteiger partial charge on any atom is -0.436 e. The number of carbonyl (C=O) groups excluding carboxylic acids is 2. The molecule has 2 N–H and O–H groups in total. The quantitative estimate of drug-likeness (QED) is 0.147. The van der Waals surface area contributed by atoms with Crippen LogP contribution in [-0.2, 0) is 9.59 Å². The van der Waals surface area contributed by atoms with Crippen LogP contribution in [0.25, 0.3) is 44.8 Å². The summed E-state index contributed by atoms with van der Waals surface area (Å²) in [4.78, 5) is 64.9. The molecule has 4 aliphatic rings. The highest BCUT2D eigenvalue weighted by Gasteiger charge is 2.41. The van der Waals surface area contributed by atoms with Gasteiger partial charge in [-0.1, -0.05) is 66.7 Å². The molecule has 2 amide bonds. The van der Waals surface area contributed by atoms with Crippen LogP contribution >= 0.6 is 0 Å². The summed E-state index contributed by atoms with van der Waals surface area (Å²) < 4.78 is 6.51. The molecule has 14 nitrogen and oxygen atoms in total. The minimum atomic E-state index is -0.338. The topological polar surface area (TPSA) is 137 Å². The number of para-hydroxylation sites is 1. The standard InChI is InChI=1S/C51H57N11O3/c1-57-24-28-59(29-25-57)45(34-12-5-3-6-13-34)50(63)61-22-10-18-41(61)47-53-38-21-20-36(32-40(38)55-47)43-33-52-49(65-43)37-16-9-17-39-44(37)56-48(54-39)42-19-11-23-62(42)51(64)46(35-14-7-4-8-15-35)60-30-26-58(2)27-31-60/h3-9,12-17,20-21,32-33,41-42,45-46H,10-11,18-19,22-31H2,1-2H3,(H,53,55)(H,54,56)/t41-,42-,45?,46?/m0/s1. The van der Waals surface area contributed by atoms with Crippen molar-refractivity contribution in [2.75, 3.05) is 79.5 Å². The van der Waals surface area contributed by atoms with Crippen LogP contribution < -0.4 is 0 Å². The molecule has 7 aromatic rings. The van der Waals surface area contributed by atoms with Crippen molar-refractivity contribution >= 4 is 33.9 Å². The summed E-state index contributed by atoms with van der Waals surface area (Å²) in [6.07, 6.45) is 5.30. The third-order valence-corrected chi connectivity index (χ3v) is 14.3. The number of rotatable bonds is 10. The maximum absolute atomic E-state index is 14.7. The van der Waals surface area contributed by atoms with Crippen LogP contribution in [0.5, 0.6) is 0 Å². The Bertz CT molecular complexity index is 2790. The summed E-state index contributed by atoms with van der Waals surface area (Å²) in [6.45, 7) is 8.54. The number of aromatic nitrogens is 5. The molecule has 4 saturated heterocycles. The number of benzene rings is 4. The van der Waals surface area contributed by atoms with Gasteiger partial charge in [-0.25, -0.2) is 15.0 Å². The fourth-order valence-electron chi connectivity index (χ4n) is 10.6. The second kappa shape index (κ2) is 17.7. The van der Waals surface area contributed by atoms with E-state index < -0.39 is 0 Å². The average Bonchev–Trinajstić information content (AvgIpc) is 4.20. The smallest absolute Gasteiger partial charge is 0.245 e. The SMILES string of the molecule is CN1CCN(C(C(=O)N2CCC[C@H]2c2nc3cc(-c4cnc(-c5cccc6[nH]c([C@@H]7CCCN7C(=O)C(c7ccccc7)N7CCN(C)CC7)nc56)o4)ccc3[nH]2)c2ccccc2)CC1. The second-order valence-corrected chi connectivity index (χ2v) is 18.4. The Hall–Kier alpha value is -6.19. The minimum absolute atomic E-state index is 0.134. The maximum Gasteiger partial charge on any atom is 0.245 e. The number of hydrogen-bond donors (Lipinski definition) is 2. The molecular formula is C51H57N11O3. The van der Waals surface area contributed by atoms with Gasteiger partial charge < -0.3 is 34.0 Å². The molecule has 0 aliphatic carbocycles. The van der Waals surface area contributed by atoms with Crippen molar-refractivity contribution in [1.29, 1.82) is 0 Å². The lowest BCUT2D eigenvalue weighted by Crippen LogP contribution is -2.50. The number of nitrogens with one attached hydrogen (secondary N) is 2. The highest BCUT2D eigenvalue weighted by Crippen LogP contribution is 2.39. The number of nitrogens with zero attached hydrogens (tertiary/aromatic N) is 9. The number of likely N-dealkylation sites (tertiary alicyclic amines) is 2. The van der Waals surface area contributed by atoms with E-state index in [0.717, 1.165) is 134 Å². The van der Waals surface area contributed by atoms with Gasteiger partial charge in [0, 0.05) is 71.0 Å². The van der Waals surface area contributed by atoms with Crippen LogP contribution in [0.2, 0.25) is 0 Å². The zero-order chi connectivity index (χ0) is 44.0. The van der Waals surface area contributed by atoms with Crippen molar-refractivity contribution in [2.45, 2.75) is 49.9 Å². The molecule has 4 aromatic carbocycles. The molecule has 7 heterocycles. The molecule has 4 atom stereocenters. The lowest BCUT2D eigenvalue weighted by molar-refractivity contribution is -0.140. The number of oxazole rings is 1. The first-order valence-corrected chi connectivity index (χ1v) is 23.4. The third-order valence-electron chi connectivity index (χ3n) is 14.3. The molecule has 14 heteroatoms. The van der Waals surface area contributed by atoms with E-state index in [1.54, 1.807) is 6.20 Å². The van der Waals surface area contributed by atoms with Crippen LogP contribution in [0.4, 0.5) is 0 Å². The number of fused-ring (bicyclic) bond motifs is 2. The zero-order valence-electron chi connectivity index (χ0n) is 37.3. The van der Waals surface area contributed by atoms with Crippen LogP contribution in [0.15, 0.2) is 108 Å². The van der Waals surface area contributed by atoms with Crippen LogP contribution in [0.1, 0.15) is 72.6 Å². The summed E-state index contributed by atoms with van der Waals surface area (Å²) in [7, 11) is 4.29. The Balaban J connectivity index is 0.833. The Morgan fingerprint density at radius 2 is 1.17 bits per heavy atom. The van der Waals surface area contributed by atoms with E-state index >= 15 is 0 Å².